The summed E-state index contributed by atoms with van der Waals surface area (Å²) in [4.78, 5) is 4.00. The number of pyridine rings is 1. The van der Waals surface area contributed by atoms with Gasteiger partial charge in [-0.2, -0.15) is 0 Å². The third-order valence-corrected chi connectivity index (χ3v) is 3.34. The Labute approximate surface area is 115 Å². The second-order valence-electron chi connectivity index (χ2n) is 4.49. The molecule has 1 aromatic heterocycles. The maximum Gasteiger partial charge on any atom is 0.199 e. The molecule has 100 valence electrons. The molecule has 1 saturated heterocycles. The normalized spacial score (nSPS) is 19.6. The van der Waals surface area contributed by atoms with Crippen LogP contribution >= 0.6 is 11.6 Å². The summed E-state index contributed by atoms with van der Waals surface area (Å²) in [5.41, 5.74) is 0.223. The van der Waals surface area contributed by atoms with Crippen LogP contribution in [0.4, 0.5) is 4.39 Å². The zero-order valence-corrected chi connectivity index (χ0v) is 11.0. The van der Waals surface area contributed by atoms with Crippen molar-refractivity contribution in [1.82, 2.24) is 4.98 Å². The van der Waals surface area contributed by atoms with Crippen LogP contribution < -0.4 is 4.74 Å². The van der Waals surface area contributed by atoms with Crippen molar-refractivity contribution in [2.45, 2.75) is 25.6 Å². The molecular weight excluding hydrogens is 269 g/mol. The van der Waals surface area contributed by atoms with Crippen LogP contribution in [-0.4, -0.2) is 17.9 Å². The topological polar surface area (TPSA) is 31.4 Å². The van der Waals surface area contributed by atoms with Crippen molar-refractivity contribution in [2.24, 2.45) is 0 Å². The largest absolute Gasteiger partial charge is 0.464 e. The van der Waals surface area contributed by atoms with Gasteiger partial charge in [0.15, 0.2) is 6.29 Å². The van der Waals surface area contributed by atoms with Crippen molar-refractivity contribution in [2.75, 3.05) is 6.61 Å². The molecule has 1 unspecified atom stereocenters. The van der Waals surface area contributed by atoms with E-state index in [2.05, 4.69) is 4.98 Å². The molecule has 1 fully saturated rings. The van der Waals surface area contributed by atoms with Crippen LogP contribution in [0.1, 0.15) is 19.3 Å². The van der Waals surface area contributed by atoms with Gasteiger partial charge in [0.2, 0.25) is 0 Å². The minimum absolute atomic E-state index is 0.223. The molecule has 1 aromatic carbocycles. The van der Waals surface area contributed by atoms with Gasteiger partial charge in [0.25, 0.3) is 0 Å². The second kappa shape index (κ2) is 5.31. The Morgan fingerprint density at radius 1 is 1.26 bits per heavy atom. The Balaban J connectivity index is 1.96. The molecule has 3 nitrogen and oxygen atoms in total. The summed E-state index contributed by atoms with van der Waals surface area (Å²) in [5, 5.41) is 0.871. The molecule has 0 N–H and O–H groups in total. The predicted octanol–water partition coefficient (Wildman–Crippen LogP) is 3.93. The first-order chi connectivity index (χ1) is 9.24. The molecule has 2 heterocycles. The molecule has 0 bridgehead atoms. The molecule has 1 atom stereocenters. The lowest BCUT2D eigenvalue weighted by molar-refractivity contribution is -0.105. The molecule has 1 aliphatic rings. The van der Waals surface area contributed by atoms with Crippen molar-refractivity contribution in [1.29, 1.82) is 0 Å². The summed E-state index contributed by atoms with van der Waals surface area (Å²) in [5.74, 6) is 0.168. The van der Waals surface area contributed by atoms with Gasteiger partial charge in [0.05, 0.1) is 6.61 Å². The maximum atomic E-state index is 13.7. The Morgan fingerprint density at radius 2 is 2.16 bits per heavy atom. The Kier molecular flexibility index (Phi) is 3.53. The number of halogens is 2. The van der Waals surface area contributed by atoms with E-state index >= 15 is 0 Å². The molecule has 2 aromatic rings. The van der Waals surface area contributed by atoms with Crippen molar-refractivity contribution < 1.29 is 13.9 Å². The van der Waals surface area contributed by atoms with Crippen LogP contribution in [-0.2, 0) is 4.74 Å². The van der Waals surface area contributed by atoms with Crippen molar-refractivity contribution in [3.05, 3.63) is 35.2 Å². The lowest BCUT2D eigenvalue weighted by atomic mass is 10.2. The Hall–Kier alpha value is -1.39. The van der Waals surface area contributed by atoms with E-state index in [0.29, 0.717) is 17.7 Å². The van der Waals surface area contributed by atoms with Gasteiger partial charge in [-0.25, -0.2) is 9.37 Å². The first-order valence-corrected chi connectivity index (χ1v) is 6.65. The summed E-state index contributed by atoms with van der Waals surface area (Å²) in [7, 11) is 0. The highest BCUT2D eigenvalue weighted by Gasteiger charge is 2.17. The number of ether oxygens (including phenoxy) is 2. The quantitative estimate of drug-likeness (QED) is 0.782. The highest BCUT2D eigenvalue weighted by Crippen LogP contribution is 2.30. The van der Waals surface area contributed by atoms with Gasteiger partial charge in [-0.05, 0) is 37.1 Å². The minimum Gasteiger partial charge on any atom is -0.464 e. The highest BCUT2D eigenvalue weighted by atomic mass is 35.5. The lowest BCUT2D eigenvalue weighted by Crippen LogP contribution is -2.25. The van der Waals surface area contributed by atoms with Crippen LogP contribution in [0.3, 0.4) is 0 Å². The van der Waals surface area contributed by atoms with Crippen molar-refractivity contribution in [3.8, 4) is 5.75 Å². The minimum atomic E-state index is -0.408. The maximum absolute atomic E-state index is 13.7. The number of aromatic nitrogens is 1. The average molecular weight is 282 g/mol. The van der Waals surface area contributed by atoms with Crippen molar-refractivity contribution in [3.63, 3.8) is 0 Å². The lowest BCUT2D eigenvalue weighted by Gasteiger charge is -2.24. The third-order valence-electron chi connectivity index (χ3n) is 3.13. The van der Waals surface area contributed by atoms with Crippen molar-refractivity contribution >= 4 is 22.5 Å². The van der Waals surface area contributed by atoms with E-state index in [1.807, 2.05) is 0 Å². The summed E-state index contributed by atoms with van der Waals surface area (Å²) in [6.07, 6.45) is 2.72. The number of nitrogens with zero attached hydrogens (tertiary/aromatic N) is 1. The van der Waals surface area contributed by atoms with Gasteiger partial charge in [-0.3, -0.25) is 0 Å². The van der Waals surface area contributed by atoms with Gasteiger partial charge in [0, 0.05) is 11.8 Å². The highest BCUT2D eigenvalue weighted by molar-refractivity contribution is 6.29. The average Bonchev–Trinajstić information content (AvgIpc) is 2.43. The van der Waals surface area contributed by atoms with Crippen LogP contribution in [0, 0.1) is 5.82 Å². The van der Waals surface area contributed by atoms with Gasteiger partial charge in [-0.1, -0.05) is 11.6 Å². The fraction of sp³-hybridized carbons (Fsp3) is 0.357. The number of hydrogen-bond donors (Lipinski definition) is 0. The molecule has 1 aliphatic heterocycles. The first kappa shape index (κ1) is 12.6. The van der Waals surface area contributed by atoms with Crippen LogP contribution in [0.2, 0.25) is 5.15 Å². The van der Waals surface area contributed by atoms with E-state index in [1.54, 1.807) is 18.2 Å². The SMILES string of the molecule is Fc1ccc(OC2CCCCO2)c2ccc(Cl)nc12. The zero-order valence-electron chi connectivity index (χ0n) is 10.2. The zero-order chi connectivity index (χ0) is 13.2. The molecule has 0 aliphatic carbocycles. The van der Waals surface area contributed by atoms with Crippen LogP contribution in [0.25, 0.3) is 10.9 Å². The summed E-state index contributed by atoms with van der Waals surface area (Å²) in [6.45, 7) is 0.702. The standard InChI is InChI=1S/C14H13ClFNO2/c15-12-7-4-9-11(6-5-10(16)14(9)17-12)19-13-3-1-2-8-18-13/h4-7,13H,1-3,8H2. The van der Waals surface area contributed by atoms with Crippen LogP contribution in [0.15, 0.2) is 24.3 Å². The molecule has 0 spiro atoms. The van der Waals surface area contributed by atoms with E-state index in [0.717, 1.165) is 19.3 Å². The van der Waals surface area contributed by atoms with E-state index in [9.17, 15) is 4.39 Å². The molecule has 5 heteroatoms. The molecular formula is C14H13ClFNO2. The van der Waals surface area contributed by atoms with Gasteiger partial charge in [0.1, 0.15) is 22.2 Å². The van der Waals surface area contributed by atoms with Gasteiger partial charge < -0.3 is 9.47 Å². The fourth-order valence-electron chi connectivity index (χ4n) is 2.18. The van der Waals surface area contributed by atoms with E-state index in [4.69, 9.17) is 21.1 Å². The summed E-state index contributed by atoms with van der Waals surface area (Å²) >= 11 is 5.79. The summed E-state index contributed by atoms with van der Waals surface area (Å²) < 4.78 is 25.0. The Bertz CT molecular complexity index is 599. The predicted molar refractivity (Wildman–Crippen MR) is 70.9 cm³/mol. The number of rotatable bonds is 2. The van der Waals surface area contributed by atoms with Gasteiger partial charge in [-0.15, -0.1) is 0 Å². The fourth-order valence-corrected chi connectivity index (χ4v) is 2.33. The molecule has 3 rings (SSSR count). The molecule has 0 radical (unpaired) electrons. The molecule has 0 amide bonds. The van der Waals surface area contributed by atoms with E-state index in [1.165, 1.54) is 6.07 Å². The molecule has 19 heavy (non-hydrogen) atoms. The Morgan fingerprint density at radius 3 is 2.95 bits per heavy atom. The second-order valence-corrected chi connectivity index (χ2v) is 4.88. The monoisotopic (exact) mass is 281 g/mol. The first-order valence-electron chi connectivity index (χ1n) is 6.27. The molecule has 0 saturated carbocycles. The van der Waals surface area contributed by atoms with Crippen LogP contribution in [0.5, 0.6) is 5.75 Å². The van der Waals surface area contributed by atoms with Gasteiger partial charge >= 0.3 is 0 Å². The van der Waals surface area contributed by atoms with E-state index in [-0.39, 0.29) is 17.0 Å². The number of hydrogen-bond acceptors (Lipinski definition) is 3. The van der Waals surface area contributed by atoms with E-state index < -0.39 is 5.82 Å². The summed E-state index contributed by atoms with van der Waals surface area (Å²) in [6, 6.07) is 6.28. The smallest absolute Gasteiger partial charge is 0.199 e. The number of fused-ring (bicyclic) bond motifs is 1. The third kappa shape index (κ3) is 2.65. The number of benzene rings is 1.